The van der Waals surface area contributed by atoms with E-state index in [9.17, 15) is 24.9 Å². The molecule has 0 aliphatic carbocycles. The molecule has 0 radical (unpaired) electrons. The Balaban J connectivity index is 2.28. The number of aliphatic hydroxyl groups excluding tert-OH is 3. The highest BCUT2D eigenvalue weighted by atomic mass is 16.8. The van der Waals surface area contributed by atoms with E-state index in [2.05, 4.69) is 0 Å². The summed E-state index contributed by atoms with van der Waals surface area (Å²) in [4.78, 5) is 23.1. The van der Waals surface area contributed by atoms with E-state index in [1.807, 2.05) is 0 Å². The molecule has 2 fully saturated rings. The van der Waals surface area contributed by atoms with Crippen molar-refractivity contribution in [2.45, 2.75) is 96.0 Å². The van der Waals surface area contributed by atoms with Crippen LogP contribution in [0.1, 0.15) is 34.6 Å². The van der Waals surface area contributed by atoms with Gasteiger partial charge < -0.3 is 43.7 Å². The van der Waals surface area contributed by atoms with Crippen molar-refractivity contribution in [3.63, 3.8) is 0 Å². The maximum atomic E-state index is 11.6. The highest BCUT2D eigenvalue weighted by Gasteiger charge is 2.51. The molecule has 0 amide bonds. The van der Waals surface area contributed by atoms with E-state index < -0.39 is 67.2 Å². The zero-order chi connectivity index (χ0) is 21.9. The molecule has 0 bridgehead atoms. The largest absolute Gasteiger partial charge is 0.455 e. The lowest BCUT2D eigenvalue weighted by atomic mass is 9.98. The third kappa shape index (κ3) is 6.07. The van der Waals surface area contributed by atoms with Crippen LogP contribution in [-0.4, -0.2) is 95.3 Å². The second-order valence-electron chi connectivity index (χ2n) is 7.39. The molecule has 2 aliphatic rings. The van der Waals surface area contributed by atoms with Gasteiger partial charge in [-0.1, -0.05) is 0 Å². The van der Waals surface area contributed by atoms with Gasteiger partial charge in [-0.25, -0.2) is 0 Å². The molecule has 0 spiro atoms. The molecule has 3 N–H and O–H groups in total. The smallest absolute Gasteiger partial charge is 0.303 e. The summed E-state index contributed by atoms with van der Waals surface area (Å²) in [5, 5.41) is 30.7. The predicted octanol–water partition coefficient (Wildman–Crippen LogP) is -1.16. The van der Waals surface area contributed by atoms with E-state index in [4.69, 9.17) is 28.4 Å². The van der Waals surface area contributed by atoms with Crippen LogP contribution in [-0.2, 0) is 38.0 Å². The van der Waals surface area contributed by atoms with Crippen molar-refractivity contribution in [2.75, 3.05) is 6.61 Å². The fourth-order valence-corrected chi connectivity index (χ4v) is 3.19. The third-order valence-electron chi connectivity index (χ3n) is 4.49. The zero-order valence-electron chi connectivity index (χ0n) is 17.1. The molecule has 2 saturated heterocycles. The molecule has 11 heteroatoms. The van der Waals surface area contributed by atoms with Gasteiger partial charge in [0.2, 0.25) is 0 Å². The summed E-state index contributed by atoms with van der Waals surface area (Å²) in [5.74, 6) is -1.42. The summed E-state index contributed by atoms with van der Waals surface area (Å²) in [6.07, 6.45) is -11.2. The van der Waals surface area contributed by atoms with E-state index in [1.165, 1.54) is 6.92 Å². The average Bonchev–Trinajstić information content (AvgIpc) is 2.60. The fraction of sp³-hybridized carbons (Fsp3) is 0.889. The number of carbonyl (C=O) groups is 2. The second kappa shape index (κ2) is 10.1. The van der Waals surface area contributed by atoms with Gasteiger partial charge in [-0.15, -0.1) is 0 Å². The lowest BCUT2D eigenvalue weighted by Gasteiger charge is -2.45. The fourth-order valence-electron chi connectivity index (χ4n) is 3.19. The molecule has 0 saturated carbocycles. The third-order valence-corrected chi connectivity index (χ3v) is 4.49. The van der Waals surface area contributed by atoms with E-state index in [1.54, 1.807) is 13.8 Å². The van der Waals surface area contributed by atoms with Gasteiger partial charge in [0.15, 0.2) is 24.8 Å². The molecule has 0 aromatic rings. The highest BCUT2D eigenvalue weighted by molar-refractivity contribution is 5.67. The van der Waals surface area contributed by atoms with Crippen molar-refractivity contribution in [2.24, 2.45) is 0 Å². The number of hydrogen-bond donors (Lipinski definition) is 3. The molecular weight excluding hydrogens is 392 g/mol. The van der Waals surface area contributed by atoms with Crippen molar-refractivity contribution in [1.29, 1.82) is 0 Å². The van der Waals surface area contributed by atoms with Gasteiger partial charge in [0.1, 0.15) is 24.4 Å². The van der Waals surface area contributed by atoms with E-state index >= 15 is 0 Å². The molecule has 2 rings (SSSR count). The Kier molecular flexibility index (Phi) is 8.35. The summed E-state index contributed by atoms with van der Waals surface area (Å²) >= 11 is 0. The Morgan fingerprint density at radius 1 is 0.931 bits per heavy atom. The van der Waals surface area contributed by atoms with Crippen molar-refractivity contribution in [3.05, 3.63) is 0 Å². The molecule has 11 nitrogen and oxygen atoms in total. The summed E-state index contributed by atoms with van der Waals surface area (Å²) in [6.45, 7) is 7.15. The van der Waals surface area contributed by atoms with Gasteiger partial charge in [0.05, 0.1) is 18.8 Å². The molecule has 0 aromatic heterocycles. The molecule has 9 atom stereocenters. The van der Waals surface area contributed by atoms with Gasteiger partial charge >= 0.3 is 11.9 Å². The van der Waals surface area contributed by atoms with Gasteiger partial charge in [-0.05, 0) is 20.8 Å². The molecule has 2 aliphatic heterocycles. The van der Waals surface area contributed by atoms with Gasteiger partial charge in [0.25, 0.3) is 0 Å². The number of esters is 2. The Morgan fingerprint density at radius 2 is 1.52 bits per heavy atom. The molecule has 1 unspecified atom stereocenters. The predicted molar refractivity (Wildman–Crippen MR) is 94.3 cm³/mol. The quantitative estimate of drug-likeness (QED) is 0.445. The van der Waals surface area contributed by atoms with Crippen molar-refractivity contribution >= 4 is 11.9 Å². The van der Waals surface area contributed by atoms with Crippen LogP contribution in [0.5, 0.6) is 0 Å². The minimum absolute atomic E-state index is 0.164. The molecule has 168 valence electrons. The Hall–Kier alpha value is -1.34. The Morgan fingerprint density at radius 3 is 2.07 bits per heavy atom. The molecule has 0 aromatic carbocycles. The average molecular weight is 422 g/mol. The Bertz CT molecular complexity index is 568. The van der Waals surface area contributed by atoms with Crippen LogP contribution >= 0.6 is 0 Å². The highest BCUT2D eigenvalue weighted by Crippen LogP contribution is 2.31. The monoisotopic (exact) mass is 422 g/mol. The van der Waals surface area contributed by atoms with E-state index in [-0.39, 0.29) is 12.7 Å². The second-order valence-corrected chi connectivity index (χ2v) is 7.39. The number of ether oxygens (including phenoxy) is 6. The first-order valence-corrected chi connectivity index (χ1v) is 9.47. The summed E-state index contributed by atoms with van der Waals surface area (Å²) in [6, 6.07) is 0. The maximum Gasteiger partial charge on any atom is 0.303 e. The van der Waals surface area contributed by atoms with Crippen molar-refractivity contribution < 1.29 is 53.3 Å². The number of hydrogen-bond acceptors (Lipinski definition) is 11. The van der Waals surface area contributed by atoms with E-state index in [0.29, 0.717) is 0 Å². The van der Waals surface area contributed by atoms with Crippen molar-refractivity contribution in [3.8, 4) is 0 Å². The van der Waals surface area contributed by atoms with Crippen molar-refractivity contribution in [1.82, 2.24) is 0 Å². The molecule has 29 heavy (non-hydrogen) atoms. The lowest BCUT2D eigenvalue weighted by Crippen LogP contribution is -2.63. The van der Waals surface area contributed by atoms with Gasteiger partial charge in [-0.2, -0.15) is 0 Å². The van der Waals surface area contributed by atoms with E-state index in [0.717, 1.165) is 13.8 Å². The summed E-state index contributed by atoms with van der Waals surface area (Å²) in [5.41, 5.74) is 0. The first-order valence-electron chi connectivity index (χ1n) is 9.47. The maximum absolute atomic E-state index is 11.6. The van der Waals surface area contributed by atoms with Crippen LogP contribution in [0, 0.1) is 0 Å². The summed E-state index contributed by atoms with van der Waals surface area (Å²) < 4.78 is 32.8. The molecular formula is C18H30O11. The standard InChI is InChI=1S/C18H30O11/c1-7(2)25-17-15(13(23)11(21)6-24-17)29-18-16(28-10(5)20)14(27-9(4)19)12(22)8(3)26-18/h7-8,11-18,21-23H,6H2,1-5H3/t8-,11-,12-,13-,14+,15+,16+,17?,18-/m0/s1. The number of carbonyl (C=O) groups excluding carboxylic acids is 2. The SMILES string of the molecule is CC(=O)O[C@@H]1[C@@H](O)[C@H](C)O[C@@H](O[C@H]2C(OC(C)C)OC[C@H](O)[C@@H]2O)[C@@H]1OC(C)=O. The van der Waals surface area contributed by atoms with Gasteiger partial charge in [0, 0.05) is 13.8 Å². The van der Waals surface area contributed by atoms with Gasteiger partial charge in [-0.3, -0.25) is 9.59 Å². The first-order chi connectivity index (χ1) is 13.5. The number of rotatable bonds is 6. The normalized spacial score (nSPS) is 40.5. The lowest BCUT2D eigenvalue weighted by molar-refractivity contribution is -0.357. The van der Waals surface area contributed by atoms with Crippen LogP contribution < -0.4 is 0 Å². The summed E-state index contributed by atoms with van der Waals surface area (Å²) in [7, 11) is 0. The van der Waals surface area contributed by atoms with Crippen LogP contribution in [0.3, 0.4) is 0 Å². The Labute approximate surface area is 168 Å². The minimum atomic E-state index is -1.39. The minimum Gasteiger partial charge on any atom is -0.455 e. The van der Waals surface area contributed by atoms with Crippen LogP contribution in [0.2, 0.25) is 0 Å². The van der Waals surface area contributed by atoms with Crippen LogP contribution in [0.25, 0.3) is 0 Å². The zero-order valence-corrected chi connectivity index (χ0v) is 17.1. The first kappa shape index (κ1) is 23.9. The van der Waals surface area contributed by atoms with Crippen LogP contribution in [0.4, 0.5) is 0 Å². The topological polar surface area (TPSA) is 150 Å². The van der Waals surface area contributed by atoms with Crippen LogP contribution in [0.15, 0.2) is 0 Å². The molecule has 2 heterocycles. The number of aliphatic hydroxyl groups is 3.